The van der Waals surface area contributed by atoms with Crippen molar-refractivity contribution >= 4 is 23.9 Å². The smallest absolute Gasteiger partial charge is 0.407 e. The molecule has 0 spiro atoms. The zero-order chi connectivity index (χ0) is 47.0. The fourth-order valence-corrected chi connectivity index (χ4v) is 9.60. The number of rotatable bonds is 12. The molecule has 5 atom stereocenters. The number of nitrogens with zero attached hydrogens (tertiary/aromatic N) is 5. The standard InChI is InChI=1S/C53H55N9O6/c1-67-34-41-16-9-29-60(41)52(65)58-46(39-12-5-3-6-13-39)50(63)61-30-10-17-44(61)48-54-32-42(56-48)37-25-21-35(22-26-37)19-20-36-23-27-38(28-24-36)43-33-55-49(57-43)45-18-11-31-62(45)51(64)47(59-53(66)68-2)40-14-7-4-8-15-40/h3-8,12-15,21-28,32-33,41,44-47H,9-11,16-18,29-31,34H2,1-2H3,(H,54,56)(H,55,57)(H,58,65)(H,59,66). The largest absolute Gasteiger partial charge is 0.453 e. The maximum absolute atomic E-state index is 14.4. The van der Waals surface area contributed by atoms with E-state index in [9.17, 15) is 19.2 Å². The van der Waals surface area contributed by atoms with Gasteiger partial charge in [-0.05, 0) is 85.0 Å². The number of H-pyrrole nitrogens is 2. The number of carbonyl (C=O) groups is 4. The topological polar surface area (TPSA) is 178 Å². The van der Waals surface area contributed by atoms with Crippen molar-refractivity contribution in [2.75, 3.05) is 40.5 Å². The molecule has 5 heterocycles. The molecule has 0 saturated carbocycles. The molecule has 9 rings (SSSR count). The number of methoxy groups -OCH3 is 2. The molecular formula is C53H55N9O6. The minimum absolute atomic E-state index is 0.0191. The van der Waals surface area contributed by atoms with Crippen LogP contribution in [-0.4, -0.2) is 105 Å². The molecule has 4 aromatic carbocycles. The number of imidazole rings is 2. The molecule has 5 amide bonds. The first kappa shape index (κ1) is 45.5. The van der Waals surface area contributed by atoms with Crippen LogP contribution in [0, 0.1) is 11.8 Å². The molecule has 2 aromatic heterocycles. The van der Waals surface area contributed by atoms with Crippen molar-refractivity contribution in [3.8, 4) is 34.4 Å². The molecule has 15 nitrogen and oxygen atoms in total. The lowest BCUT2D eigenvalue weighted by Gasteiger charge is -2.31. The fourth-order valence-electron chi connectivity index (χ4n) is 9.60. The molecule has 0 radical (unpaired) electrons. The van der Waals surface area contributed by atoms with Gasteiger partial charge in [0.15, 0.2) is 0 Å². The van der Waals surface area contributed by atoms with Crippen LogP contribution >= 0.6 is 0 Å². The van der Waals surface area contributed by atoms with Crippen LogP contribution in [0.25, 0.3) is 22.5 Å². The molecule has 4 N–H and O–H groups in total. The first-order valence-electron chi connectivity index (χ1n) is 23.2. The van der Waals surface area contributed by atoms with Crippen LogP contribution in [0.2, 0.25) is 0 Å². The van der Waals surface area contributed by atoms with Crippen LogP contribution in [0.15, 0.2) is 122 Å². The number of urea groups is 1. The Labute approximate surface area is 395 Å². The Balaban J connectivity index is 0.830. The number of nitrogens with one attached hydrogen (secondary N) is 4. The van der Waals surface area contributed by atoms with Crippen molar-refractivity contribution in [2.45, 2.75) is 68.7 Å². The van der Waals surface area contributed by atoms with E-state index >= 15 is 0 Å². The summed E-state index contributed by atoms with van der Waals surface area (Å²) in [7, 11) is 2.92. The second-order valence-corrected chi connectivity index (χ2v) is 17.4. The summed E-state index contributed by atoms with van der Waals surface area (Å²) in [6.45, 7) is 2.19. The quantitative estimate of drug-likeness (QED) is 0.0898. The third-order valence-electron chi connectivity index (χ3n) is 13.1. The molecule has 5 unspecified atom stereocenters. The van der Waals surface area contributed by atoms with Crippen molar-refractivity contribution in [2.24, 2.45) is 0 Å². The van der Waals surface area contributed by atoms with E-state index in [2.05, 4.69) is 37.4 Å². The third-order valence-corrected chi connectivity index (χ3v) is 13.1. The molecule has 3 aliphatic rings. The lowest BCUT2D eigenvalue weighted by Crippen LogP contribution is -2.49. The number of likely N-dealkylation sites (tertiary alicyclic amines) is 3. The van der Waals surface area contributed by atoms with Crippen LogP contribution in [0.5, 0.6) is 0 Å². The van der Waals surface area contributed by atoms with Gasteiger partial charge in [-0.1, -0.05) is 96.8 Å². The number of aromatic nitrogens is 4. The number of aromatic amines is 2. The van der Waals surface area contributed by atoms with Crippen molar-refractivity contribution < 1.29 is 28.7 Å². The Hall–Kier alpha value is -7.70. The molecule has 3 fully saturated rings. The van der Waals surface area contributed by atoms with Gasteiger partial charge < -0.3 is 44.8 Å². The first-order chi connectivity index (χ1) is 33.3. The Kier molecular flexibility index (Phi) is 13.9. The molecule has 15 heteroatoms. The molecule has 6 aromatic rings. The highest BCUT2D eigenvalue weighted by atomic mass is 16.5. The van der Waals surface area contributed by atoms with Crippen molar-refractivity contribution in [3.63, 3.8) is 0 Å². The predicted molar refractivity (Wildman–Crippen MR) is 255 cm³/mol. The molecule has 0 aliphatic carbocycles. The van der Waals surface area contributed by atoms with Gasteiger partial charge in [0.1, 0.15) is 23.7 Å². The molecule has 3 saturated heterocycles. The number of benzene rings is 4. The Morgan fingerprint density at radius 3 is 1.54 bits per heavy atom. The van der Waals surface area contributed by atoms with E-state index in [0.29, 0.717) is 43.5 Å². The average molecular weight is 914 g/mol. The minimum atomic E-state index is -0.887. The van der Waals surface area contributed by atoms with Gasteiger partial charge in [-0.3, -0.25) is 9.59 Å². The number of carbonyl (C=O) groups excluding carboxylic acids is 4. The van der Waals surface area contributed by atoms with Crippen LogP contribution < -0.4 is 10.6 Å². The number of hydrogen-bond acceptors (Lipinski definition) is 8. The molecular weight excluding hydrogens is 859 g/mol. The first-order valence-corrected chi connectivity index (χ1v) is 23.2. The summed E-state index contributed by atoms with van der Waals surface area (Å²) >= 11 is 0. The second kappa shape index (κ2) is 20.9. The van der Waals surface area contributed by atoms with Crippen LogP contribution in [0.4, 0.5) is 9.59 Å². The lowest BCUT2D eigenvalue weighted by molar-refractivity contribution is -0.135. The lowest BCUT2D eigenvalue weighted by atomic mass is 10.0. The Morgan fingerprint density at radius 2 is 1.07 bits per heavy atom. The summed E-state index contributed by atoms with van der Waals surface area (Å²) in [5.74, 6) is 7.56. The average Bonchev–Trinajstić information content (AvgIpc) is 4.25. The highest BCUT2D eigenvalue weighted by Crippen LogP contribution is 2.36. The Bertz CT molecular complexity index is 2770. The van der Waals surface area contributed by atoms with E-state index in [1.54, 1.807) is 29.3 Å². The monoisotopic (exact) mass is 913 g/mol. The summed E-state index contributed by atoms with van der Waals surface area (Å²) in [6, 6.07) is 31.9. The predicted octanol–water partition coefficient (Wildman–Crippen LogP) is 7.85. The van der Waals surface area contributed by atoms with Gasteiger partial charge in [0.25, 0.3) is 5.91 Å². The molecule has 348 valence electrons. The van der Waals surface area contributed by atoms with E-state index in [0.717, 1.165) is 77.7 Å². The number of alkyl carbamates (subject to hydrolysis) is 1. The van der Waals surface area contributed by atoms with Gasteiger partial charge >= 0.3 is 12.1 Å². The zero-order valence-electron chi connectivity index (χ0n) is 38.2. The second-order valence-electron chi connectivity index (χ2n) is 17.4. The van der Waals surface area contributed by atoms with Gasteiger partial charge in [0.05, 0.1) is 55.6 Å². The van der Waals surface area contributed by atoms with Crippen molar-refractivity contribution in [1.29, 1.82) is 0 Å². The van der Waals surface area contributed by atoms with Gasteiger partial charge in [0.2, 0.25) is 5.91 Å². The van der Waals surface area contributed by atoms with Crippen molar-refractivity contribution in [1.82, 2.24) is 45.3 Å². The highest BCUT2D eigenvalue weighted by Gasteiger charge is 2.40. The van der Waals surface area contributed by atoms with Gasteiger partial charge in [-0.25, -0.2) is 19.6 Å². The fraction of sp³-hybridized carbons (Fsp3) is 0.321. The van der Waals surface area contributed by atoms with Crippen LogP contribution in [0.3, 0.4) is 0 Å². The summed E-state index contributed by atoms with van der Waals surface area (Å²) in [5, 5.41) is 5.79. The zero-order valence-corrected chi connectivity index (χ0v) is 38.2. The van der Waals surface area contributed by atoms with Crippen molar-refractivity contribution in [3.05, 3.63) is 155 Å². The minimum Gasteiger partial charge on any atom is -0.453 e. The van der Waals surface area contributed by atoms with Crippen LogP contribution in [0.1, 0.15) is 96.6 Å². The van der Waals surface area contributed by atoms with Gasteiger partial charge in [-0.2, -0.15) is 0 Å². The van der Waals surface area contributed by atoms with Crippen LogP contribution in [-0.2, 0) is 19.1 Å². The van der Waals surface area contributed by atoms with E-state index < -0.39 is 18.2 Å². The molecule has 3 aliphatic heterocycles. The molecule has 0 bridgehead atoms. The maximum Gasteiger partial charge on any atom is 0.407 e. The Morgan fingerprint density at radius 1 is 0.618 bits per heavy atom. The molecule has 68 heavy (non-hydrogen) atoms. The summed E-state index contributed by atoms with van der Waals surface area (Å²) in [6.07, 6.45) is 7.81. The summed E-state index contributed by atoms with van der Waals surface area (Å²) < 4.78 is 10.2. The summed E-state index contributed by atoms with van der Waals surface area (Å²) in [4.78, 5) is 75.9. The third kappa shape index (κ3) is 10.0. The summed E-state index contributed by atoms with van der Waals surface area (Å²) in [5.41, 5.74) is 6.65. The SMILES string of the molecule is COCC1CCCN1C(=O)NC(C(=O)N1CCCC1c1ncc(-c2ccc(C#Cc3ccc(-c4cnc(C5CCCN5C(=O)C(NC(=O)OC)c5ccccc5)[nH]4)cc3)cc2)[nH]1)c1ccccc1. The number of amides is 5. The maximum atomic E-state index is 14.4. The van der Waals surface area contributed by atoms with E-state index in [-0.39, 0.29) is 36.0 Å². The normalized spacial score (nSPS) is 18.7. The van der Waals surface area contributed by atoms with E-state index in [1.165, 1.54) is 7.11 Å². The number of hydrogen-bond donors (Lipinski definition) is 4. The van der Waals surface area contributed by atoms with Gasteiger partial charge in [-0.15, -0.1) is 0 Å². The van der Waals surface area contributed by atoms with E-state index in [4.69, 9.17) is 14.5 Å². The van der Waals surface area contributed by atoms with E-state index in [1.807, 2.05) is 114 Å². The number of ether oxygens (including phenoxy) is 2. The van der Waals surface area contributed by atoms with Gasteiger partial charge in [0, 0.05) is 37.9 Å². The highest BCUT2D eigenvalue weighted by molar-refractivity contribution is 5.89.